The van der Waals surface area contributed by atoms with Crippen molar-refractivity contribution >= 4 is 18.4 Å². The van der Waals surface area contributed by atoms with Crippen LogP contribution in [0, 0.1) is 10.1 Å². The molecular weight excluding hydrogens is 169 g/mol. The fourth-order valence-corrected chi connectivity index (χ4v) is 0.352. The zero-order valence-electron chi connectivity index (χ0n) is 3.91. The lowest BCUT2D eigenvalue weighted by Crippen LogP contribution is -1.81. The Morgan fingerprint density at radius 3 is 2.22 bits per heavy atom. The Hall–Kier alpha value is -0.430. The Balaban J connectivity index is 4.02. The van der Waals surface area contributed by atoms with Crippen LogP contribution in [0.15, 0.2) is 10.1 Å². The third-order valence-corrected chi connectivity index (χ3v) is 0.762. The monoisotopic (exact) mass is 171 g/mol. The molecule has 0 aliphatic carbocycles. The van der Waals surface area contributed by atoms with Gasteiger partial charge in [-0.3, -0.25) is 0 Å². The van der Waals surface area contributed by atoms with Crippen molar-refractivity contribution in [2.75, 3.05) is 0 Å². The molecule has 0 saturated carbocycles. The highest BCUT2D eigenvalue weighted by atomic mass is 32.5. The molecule has 0 radical (unpaired) electrons. The topological polar surface area (TPSA) is 108 Å². The molecule has 0 aromatic carbocycles. The molecule has 2 N–H and O–H groups in total. The standard InChI is InChI=1S/H2N3O4PS/c4-3(5)1-2-8(6,7)9/h(H2,6,7,9). The summed E-state index contributed by atoms with van der Waals surface area (Å²) in [5.41, 5.74) is 0. The Morgan fingerprint density at radius 2 is 2.11 bits per heavy atom. The maximum Gasteiger partial charge on any atom is 0.440 e. The van der Waals surface area contributed by atoms with Crippen LogP contribution in [0.3, 0.4) is 0 Å². The predicted molar refractivity (Wildman–Crippen MR) is 30.6 cm³/mol. The molecule has 0 bridgehead atoms. The second-order valence-corrected chi connectivity index (χ2v) is 3.61. The van der Waals surface area contributed by atoms with Gasteiger partial charge in [0.25, 0.3) is 0 Å². The number of nitrogens with zero attached hydrogens (tertiary/aromatic N) is 3. The molecule has 0 heterocycles. The van der Waals surface area contributed by atoms with E-state index in [4.69, 9.17) is 9.79 Å². The summed E-state index contributed by atoms with van der Waals surface area (Å²) in [7, 11) is 0. The lowest BCUT2D eigenvalue weighted by molar-refractivity contribution is -0.493. The Kier molecular flexibility index (Phi) is 2.78. The van der Waals surface area contributed by atoms with Gasteiger partial charge in [-0.1, -0.05) is 0 Å². The van der Waals surface area contributed by atoms with E-state index in [0.29, 0.717) is 0 Å². The van der Waals surface area contributed by atoms with E-state index in [1.165, 1.54) is 0 Å². The van der Waals surface area contributed by atoms with Gasteiger partial charge in [0, 0.05) is 11.8 Å². The molecule has 0 aromatic heterocycles. The highest BCUT2D eigenvalue weighted by molar-refractivity contribution is 8.08. The van der Waals surface area contributed by atoms with E-state index in [-0.39, 0.29) is 0 Å². The van der Waals surface area contributed by atoms with Crippen molar-refractivity contribution in [1.29, 1.82) is 0 Å². The highest BCUT2D eigenvalue weighted by Gasteiger charge is 2.13. The minimum absolute atomic E-state index is 1.17. The predicted octanol–water partition coefficient (Wildman–Crippen LogP) is -0.161. The molecule has 9 heavy (non-hydrogen) atoms. The molecule has 0 unspecified atom stereocenters. The summed E-state index contributed by atoms with van der Waals surface area (Å²) in [6.45, 7) is -3.87. The molecule has 7 nitrogen and oxygen atoms in total. The second-order valence-electron chi connectivity index (χ2n) is 0.930. The Labute approximate surface area is 54.4 Å². The number of hydrogen-bond donors (Lipinski definition) is 2. The highest BCUT2D eigenvalue weighted by Crippen LogP contribution is 2.36. The van der Waals surface area contributed by atoms with E-state index in [2.05, 4.69) is 21.9 Å². The summed E-state index contributed by atoms with van der Waals surface area (Å²) in [4.78, 5) is 28.1. The van der Waals surface area contributed by atoms with E-state index in [1.807, 2.05) is 0 Å². The van der Waals surface area contributed by atoms with Crippen LogP contribution < -0.4 is 0 Å². The SMILES string of the molecule is O=[N+]([O-])N=NP(O)(O)=S. The van der Waals surface area contributed by atoms with Crippen molar-refractivity contribution in [3.63, 3.8) is 0 Å². The first-order valence-electron chi connectivity index (χ1n) is 1.55. The molecule has 0 spiro atoms. The van der Waals surface area contributed by atoms with Crippen molar-refractivity contribution in [2.24, 2.45) is 10.1 Å². The van der Waals surface area contributed by atoms with Crippen LogP contribution in [0.4, 0.5) is 0 Å². The largest absolute Gasteiger partial charge is 0.440 e. The van der Waals surface area contributed by atoms with Crippen molar-refractivity contribution in [1.82, 2.24) is 0 Å². The molecule has 0 amide bonds. The molecule has 0 aliphatic rings. The van der Waals surface area contributed by atoms with Gasteiger partial charge in [0.2, 0.25) is 0 Å². The van der Waals surface area contributed by atoms with Gasteiger partial charge in [-0.05, 0) is 0 Å². The number of nitro groups is 1. The normalized spacial score (nSPS) is 12.2. The minimum atomic E-state index is -3.87. The fraction of sp³-hybridized carbons (Fsp3) is 0. The average molecular weight is 171 g/mol. The van der Waals surface area contributed by atoms with Gasteiger partial charge in [-0.2, -0.15) is 0 Å². The summed E-state index contributed by atoms with van der Waals surface area (Å²) < 4.78 is 0. The molecule has 0 rings (SSSR count). The third kappa shape index (κ3) is 7.57. The van der Waals surface area contributed by atoms with Gasteiger partial charge in [-0.25, -0.2) is 0 Å². The number of rotatable bonds is 2. The summed E-state index contributed by atoms with van der Waals surface area (Å²) in [5, 5.41) is 10.4. The minimum Gasteiger partial charge on any atom is -0.337 e. The lowest BCUT2D eigenvalue weighted by Gasteiger charge is -1.84. The molecule has 52 valence electrons. The molecule has 0 fully saturated rings. The molecule has 0 atom stereocenters. The van der Waals surface area contributed by atoms with Crippen LogP contribution in [0.2, 0.25) is 0 Å². The van der Waals surface area contributed by atoms with Crippen LogP contribution in [0.25, 0.3) is 0 Å². The number of hydrogen-bond acceptors (Lipinski definition) is 3. The van der Waals surface area contributed by atoms with Gasteiger partial charge in [0.1, 0.15) is 4.88 Å². The van der Waals surface area contributed by atoms with Crippen LogP contribution in [0.5, 0.6) is 0 Å². The first kappa shape index (κ1) is 8.57. The zero-order chi connectivity index (χ0) is 7.49. The van der Waals surface area contributed by atoms with Gasteiger partial charge >= 0.3 is 6.64 Å². The van der Waals surface area contributed by atoms with Crippen molar-refractivity contribution in [2.45, 2.75) is 0 Å². The van der Waals surface area contributed by atoms with Gasteiger partial charge in [-0.15, -0.1) is 0 Å². The zero-order valence-corrected chi connectivity index (χ0v) is 5.62. The summed E-state index contributed by atoms with van der Waals surface area (Å²) in [6, 6.07) is 0. The van der Waals surface area contributed by atoms with Crippen molar-refractivity contribution in [3.8, 4) is 0 Å². The summed E-state index contributed by atoms with van der Waals surface area (Å²) >= 11 is 3.86. The van der Waals surface area contributed by atoms with Crippen molar-refractivity contribution in [3.05, 3.63) is 10.1 Å². The van der Waals surface area contributed by atoms with Gasteiger partial charge < -0.3 is 19.9 Å². The maximum absolute atomic E-state index is 9.34. The Morgan fingerprint density at radius 1 is 1.67 bits per heavy atom. The maximum atomic E-state index is 9.34. The van der Waals surface area contributed by atoms with E-state index in [9.17, 15) is 10.1 Å². The average Bonchev–Trinajstić information content (AvgIpc) is 1.59. The first-order valence-corrected chi connectivity index (χ1v) is 4.21. The summed E-state index contributed by atoms with van der Waals surface area (Å²) in [5.74, 6) is 0. The van der Waals surface area contributed by atoms with Gasteiger partial charge in [0.05, 0.1) is 5.03 Å². The van der Waals surface area contributed by atoms with E-state index < -0.39 is 11.7 Å². The van der Waals surface area contributed by atoms with E-state index >= 15 is 0 Å². The van der Waals surface area contributed by atoms with Crippen LogP contribution >= 0.6 is 6.64 Å². The first-order chi connectivity index (χ1) is 3.92. The van der Waals surface area contributed by atoms with E-state index in [1.54, 1.807) is 0 Å². The van der Waals surface area contributed by atoms with Gasteiger partial charge in [0.15, 0.2) is 5.22 Å². The third-order valence-electron chi connectivity index (χ3n) is 0.230. The lowest BCUT2D eigenvalue weighted by atomic mass is 12.6. The second kappa shape index (κ2) is 2.92. The molecule has 0 aromatic rings. The van der Waals surface area contributed by atoms with Crippen LogP contribution in [-0.4, -0.2) is 14.8 Å². The molecule has 0 saturated heterocycles. The summed E-state index contributed by atoms with van der Waals surface area (Å²) in [6.07, 6.45) is 0. The van der Waals surface area contributed by atoms with Crippen LogP contribution in [-0.2, 0) is 11.8 Å². The van der Waals surface area contributed by atoms with E-state index in [0.717, 1.165) is 0 Å². The van der Waals surface area contributed by atoms with Crippen LogP contribution in [0.1, 0.15) is 0 Å². The van der Waals surface area contributed by atoms with Crippen molar-refractivity contribution < 1.29 is 14.8 Å². The quantitative estimate of drug-likeness (QED) is 0.259. The Bertz CT molecular complexity index is 180. The smallest absolute Gasteiger partial charge is 0.337 e. The fourth-order valence-electron chi connectivity index (χ4n) is 0.0848. The molecule has 9 heteroatoms. The molecule has 0 aliphatic heterocycles. The molecular formula is H2N3O4PS.